The second-order valence-corrected chi connectivity index (χ2v) is 7.31. The number of carbonyl (C=O) groups is 1. The number of anilines is 1. The van der Waals surface area contributed by atoms with E-state index in [1.807, 2.05) is 48.2 Å². The van der Waals surface area contributed by atoms with Crippen LogP contribution in [0.5, 0.6) is 5.75 Å². The normalized spacial score (nSPS) is 16.6. The summed E-state index contributed by atoms with van der Waals surface area (Å²) in [6.45, 7) is 1.80. The Bertz CT molecular complexity index is 1000. The van der Waals surface area contributed by atoms with Gasteiger partial charge in [-0.15, -0.1) is 5.10 Å². The Labute approximate surface area is 168 Å². The molecular formula is C19H24N8O2. The Hall–Kier alpha value is -3.27. The number of rotatable bonds is 6. The summed E-state index contributed by atoms with van der Waals surface area (Å²) in [5.74, 6) is 1.41. The largest absolute Gasteiger partial charge is 0.497 e. The predicted octanol–water partition coefficient (Wildman–Crippen LogP) is 0.794. The zero-order valence-corrected chi connectivity index (χ0v) is 16.7. The monoisotopic (exact) mass is 396 g/mol. The molecule has 1 saturated heterocycles. The van der Waals surface area contributed by atoms with Gasteiger partial charge in [-0.05, 0) is 44.8 Å². The number of likely N-dealkylation sites (N-methyl/N-ethyl adjacent to an activating group) is 1. The first-order valence-corrected chi connectivity index (χ1v) is 9.45. The number of likely N-dealkylation sites (tertiary alicyclic amines) is 1. The first kappa shape index (κ1) is 19.1. The van der Waals surface area contributed by atoms with E-state index in [-0.39, 0.29) is 11.9 Å². The fourth-order valence-electron chi connectivity index (χ4n) is 3.35. The van der Waals surface area contributed by atoms with Gasteiger partial charge in [0.2, 0.25) is 11.9 Å². The average molecular weight is 396 g/mol. The minimum absolute atomic E-state index is 0.115. The van der Waals surface area contributed by atoms with Gasteiger partial charge in [0, 0.05) is 19.1 Å². The lowest BCUT2D eigenvalue weighted by Gasteiger charge is -2.19. The van der Waals surface area contributed by atoms with Crippen LogP contribution >= 0.6 is 0 Å². The van der Waals surface area contributed by atoms with E-state index < -0.39 is 0 Å². The average Bonchev–Trinajstić information content (AvgIpc) is 3.34. The topological polar surface area (TPSA) is 101 Å². The number of carbonyl (C=O) groups excluding carboxylic acids is 1. The summed E-state index contributed by atoms with van der Waals surface area (Å²) in [7, 11) is 5.42. The van der Waals surface area contributed by atoms with Gasteiger partial charge in [0.25, 0.3) is 0 Å². The van der Waals surface area contributed by atoms with Gasteiger partial charge in [0.15, 0.2) is 11.2 Å². The standard InChI is InChI=1S/C19H24N8O2/c1-25(2)12-17(28)26-9-8-13(11-26)21-19-20-10-16-18(22-19)27(24-23-16)14-4-6-15(29-3)7-5-14/h4-7,10,13H,8-9,11-12H2,1-3H3,(H,20,21,22)/t13-/m0/s1. The number of aromatic nitrogens is 5. The summed E-state index contributed by atoms with van der Waals surface area (Å²) < 4.78 is 6.87. The number of ether oxygens (including phenoxy) is 1. The first-order valence-electron chi connectivity index (χ1n) is 9.45. The minimum atomic E-state index is 0.115. The van der Waals surface area contributed by atoms with Gasteiger partial charge in [0.05, 0.1) is 25.5 Å². The number of hydrogen-bond acceptors (Lipinski definition) is 8. The highest BCUT2D eigenvalue weighted by atomic mass is 16.5. The SMILES string of the molecule is COc1ccc(-n2nnc3cnc(N[C@H]4CCN(C(=O)CN(C)C)C4)nc32)cc1. The molecule has 0 radical (unpaired) electrons. The van der Waals surface area contributed by atoms with E-state index >= 15 is 0 Å². The van der Waals surface area contributed by atoms with Gasteiger partial charge in [-0.25, -0.2) is 4.98 Å². The smallest absolute Gasteiger partial charge is 0.236 e. The second kappa shape index (κ2) is 8.00. The van der Waals surface area contributed by atoms with Crippen LogP contribution in [0, 0.1) is 0 Å². The van der Waals surface area contributed by atoms with Crippen molar-refractivity contribution in [2.75, 3.05) is 46.2 Å². The number of benzene rings is 1. The van der Waals surface area contributed by atoms with Crippen LogP contribution in [0.25, 0.3) is 16.9 Å². The quantitative estimate of drug-likeness (QED) is 0.653. The van der Waals surface area contributed by atoms with Crippen LogP contribution < -0.4 is 10.1 Å². The molecule has 1 aliphatic heterocycles. The molecule has 10 nitrogen and oxygen atoms in total. The third kappa shape index (κ3) is 4.11. The molecule has 10 heteroatoms. The molecule has 0 bridgehead atoms. The third-order valence-electron chi connectivity index (χ3n) is 4.84. The molecule has 1 atom stereocenters. The van der Waals surface area contributed by atoms with Crippen LogP contribution in [0.15, 0.2) is 30.5 Å². The number of amides is 1. The van der Waals surface area contributed by atoms with E-state index in [1.54, 1.807) is 18.0 Å². The summed E-state index contributed by atoms with van der Waals surface area (Å²) in [5.41, 5.74) is 2.06. The van der Waals surface area contributed by atoms with Crippen molar-refractivity contribution in [1.82, 2.24) is 34.8 Å². The second-order valence-electron chi connectivity index (χ2n) is 7.31. The summed E-state index contributed by atoms with van der Waals surface area (Å²) in [5, 5.41) is 11.7. The molecule has 3 heterocycles. The molecule has 1 fully saturated rings. The summed E-state index contributed by atoms with van der Waals surface area (Å²) in [6.07, 6.45) is 2.51. The van der Waals surface area contributed by atoms with Gasteiger partial charge >= 0.3 is 0 Å². The van der Waals surface area contributed by atoms with Gasteiger partial charge in [-0.2, -0.15) is 9.67 Å². The number of nitrogens with one attached hydrogen (secondary N) is 1. The Kier molecular flexibility index (Phi) is 5.26. The van der Waals surface area contributed by atoms with Crippen molar-refractivity contribution in [1.29, 1.82) is 0 Å². The molecule has 1 aromatic carbocycles. The Morgan fingerprint density at radius 2 is 2.10 bits per heavy atom. The number of nitrogens with zero attached hydrogens (tertiary/aromatic N) is 7. The van der Waals surface area contributed by atoms with E-state index in [2.05, 4.69) is 25.6 Å². The van der Waals surface area contributed by atoms with Crippen molar-refractivity contribution in [3.05, 3.63) is 30.5 Å². The summed E-state index contributed by atoms with van der Waals surface area (Å²) in [4.78, 5) is 25.0. The number of hydrogen-bond donors (Lipinski definition) is 1. The summed E-state index contributed by atoms with van der Waals surface area (Å²) >= 11 is 0. The van der Waals surface area contributed by atoms with E-state index in [0.717, 1.165) is 24.4 Å². The number of fused-ring (bicyclic) bond motifs is 1. The highest BCUT2D eigenvalue weighted by Crippen LogP contribution is 2.19. The van der Waals surface area contributed by atoms with Crippen molar-refractivity contribution >= 4 is 23.0 Å². The fourth-order valence-corrected chi connectivity index (χ4v) is 3.35. The van der Waals surface area contributed by atoms with Crippen LogP contribution in [0.4, 0.5) is 5.95 Å². The molecule has 3 aromatic rings. The molecule has 152 valence electrons. The first-order chi connectivity index (χ1) is 14.0. The van der Waals surface area contributed by atoms with Crippen LogP contribution in [0.1, 0.15) is 6.42 Å². The number of methoxy groups -OCH3 is 1. The molecule has 0 saturated carbocycles. The Balaban J connectivity index is 1.50. The molecule has 0 spiro atoms. The van der Waals surface area contributed by atoms with Crippen molar-refractivity contribution in [3.8, 4) is 11.4 Å². The van der Waals surface area contributed by atoms with Gasteiger partial charge in [-0.3, -0.25) is 4.79 Å². The van der Waals surface area contributed by atoms with Crippen LogP contribution in [0.2, 0.25) is 0 Å². The molecule has 0 unspecified atom stereocenters. The van der Waals surface area contributed by atoms with Crippen LogP contribution in [-0.2, 0) is 4.79 Å². The molecule has 29 heavy (non-hydrogen) atoms. The Morgan fingerprint density at radius 3 is 2.83 bits per heavy atom. The Morgan fingerprint density at radius 1 is 1.31 bits per heavy atom. The molecule has 4 rings (SSSR count). The third-order valence-corrected chi connectivity index (χ3v) is 4.84. The fraction of sp³-hybridized carbons (Fsp3) is 0.421. The zero-order valence-electron chi connectivity index (χ0n) is 16.7. The molecule has 1 amide bonds. The van der Waals surface area contributed by atoms with Crippen LogP contribution in [0.3, 0.4) is 0 Å². The lowest BCUT2D eigenvalue weighted by Crippen LogP contribution is -2.37. The van der Waals surface area contributed by atoms with Crippen LogP contribution in [-0.4, -0.2) is 87.6 Å². The van der Waals surface area contributed by atoms with Crippen molar-refractivity contribution in [3.63, 3.8) is 0 Å². The molecular weight excluding hydrogens is 372 g/mol. The lowest BCUT2D eigenvalue weighted by atomic mass is 10.3. The maximum Gasteiger partial charge on any atom is 0.236 e. The zero-order chi connectivity index (χ0) is 20.4. The molecule has 1 aliphatic rings. The van der Waals surface area contributed by atoms with E-state index in [4.69, 9.17) is 4.74 Å². The maximum atomic E-state index is 12.2. The minimum Gasteiger partial charge on any atom is -0.497 e. The van der Waals surface area contributed by atoms with Crippen molar-refractivity contribution in [2.45, 2.75) is 12.5 Å². The van der Waals surface area contributed by atoms with Gasteiger partial charge in [-0.1, -0.05) is 5.21 Å². The predicted molar refractivity (Wildman–Crippen MR) is 108 cm³/mol. The maximum absolute atomic E-state index is 12.2. The van der Waals surface area contributed by atoms with Gasteiger partial charge < -0.3 is 19.9 Å². The molecule has 2 aromatic heterocycles. The lowest BCUT2D eigenvalue weighted by molar-refractivity contribution is -0.130. The molecule has 1 N–H and O–H groups in total. The van der Waals surface area contributed by atoms with Crippen molar-refractivity contribution in [2.24, 2.45) is 0 Å². The van der Waals surface area contributed by atoms with Crippen molar-refractivity contribution < 1.29 is 9.53 Å². The van der Waals surface area contributed by atoms with E-state index in [1.165, 1.54) is 0 Å². The molecule has 0 aliphatic carbocycles. The van der Waals surface area contributed by atoms with E-state index in [0.29, 0.717) is 30.2 Å². The highest BCUT2D eigenvalue weighted by molar-refractivity contribution is 5.78. The van der Waals surface area contributed by atoms with Gasteiger partial charge in [0.1, 0.15) is 5.75 Å². The highest BCUT2D eigenvalue weighted by Gasteiger charge is 2.27. The summed E-state index contributed by atoms with van der Waals surface area (Å²) in [6, 6.07) is 7.63. The van der Waals surface area contributed by atoms with E-state index in [9.17, 15) is 4.79 Å².